The van der Waals surface area contributed by atoms with Gasteiger partial charge in [0.05, 0.1) is 5.69 Å². The van der Waals surface area contributed by atoms with E-state index in [9.17, 15) is 9.90 Å². The van der Waals surface area contributed by atoms with Crippen LogP contribution < -0.4 is 16.0 Å². The van der Waals surface area contributed by atoms with Crippen LogP contribution in [0.3, 0.4) is 0 Å². The number of piperazine rings is 1. The normalized spacial score (nSPS) is 13.9. The first-order chi connectivity index (χ1) is 14.1. The van der Waals surface area contributed by atoms with Crippen LogP contribution >= 0.6 is 0 Å². The molecule has 29 heavy (non-hydrogen) atoms. The van der Waals surface area contributed by atoms with E-state index in [1.165, 1.54) is 0 Å². The van der Waals surface area contributed by atoms with Gasteiger partial charge in [-0.2, -0.15) is 0 Å². The molecule has 1 amide bonds. The molecule has 1 aliphatic rings. The Labute approximate surface area is 169 Å². The number of hydrogen-bond donors (Lipinski definition) is 3. The van der Waals surface area contributed by atoms with Gasteiger partial charge < -0.3 is 26.0 Å². The minimum absolute atomic E-state index is 0.118. The number of phenolic OH excluding ortho intramolecular Hbond substituents is 1. The molecule has 7 nitrogen and oxygen atoms in total. The highest BCUT2D eigenvalue weighted by Gasteiger charge is 2.23. The van der Waals surface area contributed by atoms with Crippen LogP contribution in [0.5, 0.6) is 5.75 Å². The molecule has 2 aromatic carbocycles. The van der Waals surface area contributed by atoms with Crippen LogP contribution in [0, 0.1) is 0 Å². The Balaban J connectivity index is 1.46. The number of amides is 1. The summed E-state index contributed by atoms with van der Waals surface area (Å²) in [6.45, 7) is 2.76. The summed E-state index contributed by atoms with van der Waals surface area (Å²) in [6, 6.07) is 20.4. The number of carbonyl (C=O) groups is 1. The van der Waals surface area contributed by atoms with Gasteiger partial charge in [-0.3, -0.25) is 4.79 Å². The first kappa shape index (κ1) is 18.6. The second-order valence-electron chi connectivity index (χ2n) is 6.92. The van der Waals surface area contributed by atoms with Gasteiger partial charge in [0.25, 0.3) is 5.91 Å². The van der Waals surface area contributed by atoms with E-state index in [0.717, 1.165) is 18.8 Å². The molecule has 0 unspecified atom stereocenters. The van der Waals surface area contributed by atoms with Crippen molar-refractivity contribution in [1.29, 1.82) is 0 Å². The topological polar surface area (TPSA) is 94.7 Å². The van der Waals surface area contributed by atoms with Crippen LogP contribution in [0.15, 0.2) is 66.7 Å². The molecule has 7 heteroatoms. The number of benzene rings is 2. The van der Waals surface area contributed by atoms with Gasteiger partial charge in [-0.05, 0) is 30.3 Å². The quantitative estimate of drug-likeness (QED) is 0.594. The number of nitrogen functional groups attached to an aromatic ring is 1. The number of aromatic nitrogens is 1. The van der Waals surface area contributed by atoms with E-state index in [0.29, 0.717) is 24.5 Å². The van der Waals surface area contributed by atoms with Crippen molar-refractivity contribution in [2.24, 2.45) is 0 Å². The molecule has 3 aromatic rings. The summed E-state index contributed by atoms with van der Waals surface area (Å²) >= 11 is 0. The largest absolute Gasteiger partial charge is 0.506 e. The fourth-order valence-corrected chi connectivity index (χ4v) is 3.44. The molecule has 2 heterocycles. The third-order valence-corrected chi connectivity index (χ3v) is 4.94. The molecule has 0 radical (unpaired) electrons. The van der Waals surface area contributed by atoms with Gasteiger partial charge in [0.15, 0.2) is 0 Å². The summed E-state index contributed by atoms with van der Waals surface area (Å²) < 4.78 is 0. The maximum absolute atomic E-state index is 13.0. The highest BCUT2D eigenvalue weighted by molar-refractivity contribution is 5.94. The average Bonchev–Trinajstić information content (AvgIpc) is 2.75. The summed E-state index contributed by atoms with van der Waals surface area (Å²) in [5.74, 6) is 0.217. The van der Waals surface area contributed by atoms with Crippen LogP contribution in [0.1, 0.15) is 10.5 Å². The highest BCUT2D eigenvalue weighted by Crippen LogP contribution is 2.27. The Morgan fingerprint density at radius 2 is 1.66 bits per heavy atom. The number of nitrogens with one attached hydrogen (secondary N) is 1. The van der Waals surface area contributed by atoms with Crippen molar-refractivity contribution in [2.45, 2.75) is 0 Å². The fraction of sp³-hybridized carbons (Fsp3) is 0.182. The van der Waals surface area contributed by atoms with Crippen LogP contribution in [-0.2, 0) is 0 Å². The molecule has 0 bridgehead atoms. The summed E-state index contributed by atoms with van der Waals surface area (Å²) in [7, 11) is 0. The van der Waals surface area contributed by atoms with E-state index in [1.54, 1.807) is 35.2 Å². The SMILES string of the molecule is Nc1cc(Nc2ccccc2O)cc(C(=O)N2CCN(c3ccccc3)CC2)n1. The smallest absolute Gasteiger partial charge is 0.272 e. The van der Waals surface area contributed by atoms with Crippen LogP contribution in [0.25, 0.3) is 0 Å². The highest BCUT2D eigenvalue weighted by atomic mass is 16.3. The monoisotopic (exact) mass is 389 g/mol. The lowest BCUT2D eigenvalue weighted by atomic mass is 10.2. The molecule has 0 atom stereocenters. The van der Waals surface area contributed by atoms with Gasteiger partial charge in [-0.25, -0.2) is 4.98 Å². The Bertz CT molecular complexity index is 1000. The Kier molecular flexibility index (Phi) is 5.20. The fourth-order valence-electron chi connectivity index (χ4n) is 3.44. The standard InChI is InChI=1S/C22H23N5O2/c23-21-15-16(24-18-8-4-5-9-20(18)28)14-19(25-21)22(29)27-12-10-26(11-13-27)17-6-2-1-3-7-17/h1-9,14-15,28H,10-13H2,(H3,23,24,25). The molecular formula is C22H23N5O2. The van der Waals surface area contributed by atoms with E-state index in [4.69, 9.17) is 5.73 Å². The van der Waals surface area contributed by atoms with Gasteiger partial charge in [-0.1, -0.05) is 30.3 Å². The lowest BCUT2D eigenvalue weighted by Crippen LogP contribution is -2.49. The minimum atomic E-state index is -0.148. The van der Waals surface area contributed by atoms with Crippen molar-refractivity contribution >= 4 is 28.8 Å². The maximum atomic E-state index is 13.0. The zero-order valence-corrected chi connectivity index (χ0v) is 16.0. The van der Waals surface area contributed by atoms with E-state index >= 15 is 0 Å². The van der Waals surface area contributed by atoms with Gasteiger partial charge in [0.1, 0.15) is 17.3 Å². The van der Waals surface area contributed by atoms with Crippen molar-refractivity contribution in [3.8, 4) is 5.75 Å². The number of para-hydroxylation sites is 3. The maximum Gasteiger partial charge on any atom is 0.272 e. The van der Waals surface area contributed by atoms with Gasteiger partial charge in [0.2, 0.25) is 0 Å². The van der Waals surface area contributed by atoms with Crippen molar-refractivity contribution in [3.63, 3.8) is 0 Å². The average molecular weight is 389 g/mol. The molecule has 148 valence electrons. The third-order valence-electron chi connectivity index (χ3n) is 4.94. The number of carbonyl (C=O) groups excluding carboxylic acids is 1. The lowest BCUT2D eigenvalue weighted by Gasteiger charge is -2.36. The number of rotatable bonds is 4. The van der Waals surface area contributed by atoms with Gasteiger partial charge >= 0.3 is 0 Å². The van der Waals surface area contributed by atoms with Crippen molar-refractivity contribution in [1.82, 2.24) is 9.88 Å². The van der Waals surface area contributed by atoms with E-state index in [2.05, 4.69) is 27.3 Å². The number of anilines is 4. The lowest BCUT2D eigenvalue weighted by molar-refractivity contribution is 0.0741. The van der Waals surface area contributed by atoms with E-state index in [-0.39, 0.29) is 23.2 Å². The number of aromatic hydroxyl groups is 1. The predicted octanol–water partition coefficient (Wildman–Crippen LogP) is 3.08. The third kappa shape index (κ3) is 4.24. The molecule has 4 N–H and O–H groups in total. The summed E-state index contributed by atoms with van der Waals surface area (Å²) in [5.41, 5.74) is 8.51. The number of hydrogen-bond acceptors (Lipinski definition) is 6. The van der Waals surface area contributed by atoms with E-state index < -0.39 is 0 Å². The molecule has 0 spiro atoms. The number of phenols is 1. The number of pyridine rings is 1. The first-order valence-electron chi connectivity index (χ1n) is 9.52. The zero-order chi connectivity index (χ0) is 20.2. The van der Waals surface area contributed by atoms with Gasteiger partial charge in [0, 0.05) is 43.6 Å². The van der Waals surface area contributed by atoms with Crippen molar-refractivity contribution in [3.05, 3.63) is 72.4 Å². The predicted molar refractivity (Wildman–Crippen MR) is 115 cm³/mol. The van der Waals surface area contributed by atoms with Crippen LogP contribution in [0.2, 0.25) is 0 Å². The molecule has 1 fully saturated rings. The number of nitrogens with two attached hydrogens (primary N) is 1. The Morgan fingerprint density at radius 3 is 2.38 bits per heavy atom. The van der Waals surface area contributed by atoms with E-state index in [1.807, 2.05) is 24.3 Å². The Morgan fingerprint density at radius 1 is 0.966 bits per heavy atom. The summed E-state index contributed by atoms with van der Waals surface area (Å²) in [6.07, 6.45) is 0. The van der Waals surface area contributed by atoms with Crippen molar-refractivity contribution in [2.75, 3.05) is 42.1 Å². The van der Waals surface area contributed by atoms with Crippen LogP contribution in [0.4, 0.5) is 22.9 Å². The molecular weight excluding hydrogens is 366 g/mol. The minimum Gasteiger partial charge on any atom is -0.506 e. The van der Waals surface area contributed by atoms with Gasteiger partial charge in [-0.15, -0.1) is 0 Å². The molecule has 4 rings (SSSR count). The van der Waals surface area contributed by atoms with Crippen molar-refractivity contribution < 1.29 is 9.90 Å². The molecule has 0 aliphatic carbocycles. The summed E-state index contributed by atoms with van der Waals surface area (Å²) in [4.78, 5) is 21.3. The van der Waals surface area contributed by atoms with Crippen LogP contribution in [-0.4, -0.2) is 47.1 Å². The Hall–Kier alpha value is -3.74. The second kappa shape index (κ2) is 8.10. The molecule has 1 aromatic heterocycles. The number of nitrogens with zero attached hydrogens (tertiary/aromatic N) is 3. The molecule has 1 saturated heterocycles. The molecule has 0 saturated carbocycles. The zero-order valence-electron chi connectivity index (χ0n) is 16.0. The first-order valence-corrected chi connectivity index (χ1v) is 9.52. The second-order valence-corrected chi connectivity index (χ2v) is 6.92. The molecule has 1 aliphatic heterocycles. The summed E-state index contributed by atoms with van der Waals surface area (Å²) in [5, 5.41) is 13.0.